The molecule has 0 aromatic rings. The molecule has 0 nitrogen and oxygen atoms in total. The minimum absolute atomic E-state index is 0.822. The van der Waals surface area contributed by atoms with Gasteiger partial charge in [-0.1, -0.05) is 20.0 Å². The fourth-order valence-corrected chi connectivity index (χ4v) is 0.775. The molecule has 0 amide bonds. The topological polar surface area (TPSA) is 0 Å². The summed E-state index contributed by atoms with van der Waals surface area (Å²) in [5.41, 5.74) is 0. The lowest BCUT2D eigenvalue weighted by Gasteiger charge is -1.90. The smallest absolute Gasteiger partial charge is 0.134 e. The second-order valence-corrected chi connectivity index (χ2v) is 2.35. The first-order chi connectivity index (χ1) is 2.77. The van der Waals surface area contributed by atoms with E-state index in [1.54, 1.807) is 0 Å². The average molecular weight is 102 g/mol. The van der Waals surface area contributed by atoms with Crippen LogP contribution in [0.3, 0.4) is 0 Å². The molecule has 0 bridgehead atoms. The van der Waals surface area contributed by atoms with E-state index in [2.05, 4.69) is 26.3 Å². The van der Waals surface area contributed by atoms with Crippen molar-refractivity contribution in [2.75, 3.05) is 5.75 Å². The number of thiol groups is 1. The molecule has 0 N–H and O–H groups in total. The van der Waals surface area contributed by atoms with Crippen LogP contribution in [-0.2, 0) is 0 Å². The number of hydrogen-bond donors (Lipinski definition) is 1. The zero-order valence-corrected chi connectivity index (χ0v) is 5.33. The zero-order valence-electron chi connectivity index (χ0n) is 4.44. The number of rotatable bonds is 2. The van der Waals surface area contributed by atoms with Gasteiger partial charge < -0.3 is 0 Å². The van der Waals surface area contributed by atoms with E-state index in [-0.39, 0.29) is 0 Å². The van der Waals surface area contributed by atoms with Crippen LogP contribution >= 0.6 is 12.6 Å². The molecule has 0 heterocycles. The summed E-state index contributed by atoms with van der Waals surface area (Å²) in [6.07, 6.45) is 1.24. The lowest BCUT2D eigenvalue weighted by Crippen LogP contribution is -1.97. The van der Waals surface area contributed by atoms with Gasteiger partial charge >= 0.3 is 0 Å². The fourth-order valence-electron chi connectivity index (χ4n) is 0.258. The highest BCUT2D eigenvalue weighted by atomic mass is 32.1. The molecule has 6 heavy (non-hydrogen) atoms. The normalized spacial score (nSPS) is 8.50. The van der Waals surface area contributed by atoms with Crippen LogP contribution in [0.2, 0.25) is 20.0 Å². The van der Waals surface area contributed by atoms with Crippen molar-refractivity contribution in [3.8, 4) is 0 Å². The molecule has 0 unspecified atom stereocenters. The summed E-state index contributed by atoms with van der Waals surface area (Å²) in [7, 11) is 0. The van der Waals surface area contributed by atoms with E-state index in [0.717, 1.165) is 12.5 Å². The second kappa shape index (κ2) is 3.60. The van der Waals surface area contributed by atoms with Crippen molar-refractivity contribution in [3.63, 3.8) is 0 Å². The third-order valence-electron chi connectivity index (χ3n) is 0.706. The summed E-state index contributed by atoms with van der Waals surface area (Å²) in [5, 5.41) is 0. The Morgan fingerprint density at radius 3 is 2.00 bits per heavy atom. The van der Waals surface area contributed by atoms with E-state index >= 15 is 0 Å². The van der Waals surface area contributed by atoms with Crippen LogP contribution in [0.1, 0.15) is 0 Å². The molecule has 0 fully saturated rings. The molecule has 0 saturated carbocycles. The van der Waals surface area contributed by atoms with Crippen LogP contribution in [0.5, 0.6) is 0 Å². The number of hydrogen-bond acceptors (Lipinski definition) is 1. The van der Waals surface area contributed by atoms with Gasteiger partial charge in [0.25, 0.3) is 0 Å². The Bertz CT molecular complexity index is 28.7. The van der Waals surface area contributed by atoms with Crippen molar-refractivity contribution in [2.24, 2.45) is 0 Å². The largest absolute Gasteiger partial charge is 0.180 e. The zero-order chi connectivity index (χ0) is 4.99. The van der Waals surface area contributed by atoms with Crippen LogP contribution < -0.4 is 0 Å². The van der Waals surface area contributed by atoms with Gasteiger partial charge in [0.15, 0.2) is 0 Å². The van der Waals surface area contributed by atoms with Gasteiger partial charge in [-0.3, -0.25) is 0 Å². The van der Waals surface area contributed by atoms with Crippen LogP contribution in [0.15, 0.2) is 0 Å². The lowest BCUT2D eigenvalue weighted by molar-refractivity contribution is 1.45. The van der Waals surface area contributed by atoms with Gasteiger partial charge in [0.05, 0.1) is 0 Å². The Morgan fingerprint density at radius 1 is 1.50 bits per heavy atom. The minimum Gasteiger partial charge on any atom is -0.180 e. The molecular formula is C4H11BS. The Balaban J connectivity index is 2.63. The molecular weight excluding hydrogens is 90.9 g/mol. The summed E-state index contributed by atoms with van der Waals surface area (Å²) in [5.74, 6) is 1.03. The highest BCUT2D eigenvalue weighted by molar-refractivity contribution is 7.80. The first-order valence-corrected chi connectivity index (χ1v) is 3.01. The molecule has 0 aromatic heterocycles. The average Bonchev–Trinajstić information content (AvgIpc) is 1.35. The predicted molar refractivity (Wildman–Crippen MR) is 36.1 cm³/mol. The summed E-state index contributed by atoms with van der Waals surface area (Å²) >= 11 is 4.06. The Labute approximate surface area is 45.8 Å². The SMILES string of the molecule is CB(C)CCS. The molecule has 2 heteroatoms. The van der Waals surface area contributed by atoms with Gasteiger partial charge in [-0.05, 0) is 5.75 Å². The van der Waals surface area contributed by atoms with Crippen molar-refractivity contribution < 1.29 is 0 Å². The molecule has 0 aromatic carbocycles. The van der Waals surface area contributed by atoms with Crippen molar-refractivity contribution in [2.45, 2.75) is 20.0 Å². The fraction of sp³-hybridized carbons (Fsp3) is 1.00. The quantitative estimate of drug-likeness (QED) is 0.398. The van der Waals surface area contributed by atoms with Crippen molar-refractivity contribution >= 4 is 19.3 Å². The monoisotopic (exact) mass is 102 g/mol. The third kappa shape index (κ3) is 4.41. The highest BCUT2D eigenvalue weighted by Crippen LogP contribution is 1.90. The molecule has 36 valence electrons. The van der Waals surface area contributed by atoms with Crippen LogP contribution in [0, 0.1) is 0 Å². The predicted octanol–water partition coefficient (Wildman–Crippen LogP) is 1.67. The van der Waals surface area contributed by atoms with Crippen molar-refractivity contribution in [3.05, 3.63) is 0 Å². The van der Waals surface area contributed by atoms with Gasteiger partial charge in [-0.2, -0.15) is 12.6 Å². The molecule has 0 atom stereocenters. The van der Waals surface area contributed by atoms with Crippen LogP contribution in [-0.4, -0.2) is 12.5 Å². The maximum atomic E-state index is 4.06. The molecule has 0 aliphatic rings. The van der Waals surface area contributed by atoms with E-state index in [1.165, 1.54) is 6.32 Å². The Hall–Kier alpha value is 0.415. The summed E-state index contributed by atoms with van der Waals surface area (Å²) in [4.78, 5) is 0. The second-order valence-electron chi connectivity index (χ2n) is 1.91. The highest BCUT2D eigenvalue weighted by Gasteiger charge is 1.91. The molecule has 0 spiro atoms. The first-order valence-electron chi connectivity index (χ1n) is 2.38. The summed E-state index contributed by atoms with van der Waals surface area (Å²) < 4.78 is 0. The van der Waals surface area contributed by atoms with E-state index in [4.69, 9.17) is 0 Å². The van der Waals surface area contributed by atoms with Gasteiger partial charge in [0.1, 0.15) is 6.71 Å². The van der Waals surface area contributed by atoms with Gasteiger partial charge in [0.2, 0.25) is 0 Å². The first kappa shape index (κ1) is 6.41. The summed E-state index contributed by atoms with van der Waals surface area (Å²) in [6, 6.07) is 0. The maximum Gasteiger partial charge on any atom is 0.134 e. The molecule has 0 aliphatic heterocycles. The molecule has 0 radical (unpaired) electrons. The molecule has 0 saturated heterocycles. The minimum atomic E-state index is 0.822. The van der Waals surface area contributed by atoms with Crippen molar-refractivity contribution in [1.29, 1.82) is 0 Å². The Morgan fingerprint density at radius 2 is 2.00 bits per heavy atom. The summed E-state index contributed by atoms with van der Waals surface area (Å²) in [6.45, 7) is 5.23. The van der Waals surface area contributed by atoms with Crippen LogP contribution in [0.4, 0.5) is 0 Å². The van der Waals surface area contributed by atoms with Crippen molar-refractivity contribution in [1.82, 2.24) is 0 Å². The molecule has 0 rings (SSSR count). The lowest BCUT2D eigenvalue weighted by atomic mass is 9.53. The molecule has 0 aliphatic carbocycles. The maximum absolute atomic E-state index is 4.06. The standard InChI is InChI=1S/C4H11BS/c1-5(2)3-4-6/h6H,3-4H2,1-2H3. The van der Waals surface area contributed by atoms with Gasteiger partial charge in [0, 0.05) is 0 Å². The van der Waals surface area contributed by atoms with Gasteiger partial charge in [-0.15, -0.1) is 0 Å². The van der Waals surface area contributed by atoms with E-state index in [0.29, 0.717) is 0 Å². The van der Waals surface area contributed by atoms with E-state index in [9.17, 15) is 0 Å². The van der Waals surface area contributed by atoms with Crippen LogP contribution in [0.25, 0.3) is 0 Å². The van der Waals surface area contributed by atoms with E-state index < -0.39 is 0 Å². The van der Waals surface area contributed by atoms with Gasteiger partial charge in [-0.25, -0.2) is 0 Å². The van der Waals surface area contributed by atoms with E-state index in [1.807, 2.05) is 0 Å². The Kier molecular flexibility index (Phi) is 3.85. The third-order valence-corrected chi connectivity index (χ3v) is 0.965.